The van der Waals surface area contributed by atoms with Gasteiger partial charge in [0.2, 0.25) is 0 Å². The number of benzene rings is 1. The summed E-state index contributed by atoms with van der Waals surface area (Å²) in [6.45, 7) is 0. The van der Waals surface area contributed by atoms with Crippen LogP contribution in [-0.4, -0.2) is 25.5 Å². The third kappa shape index (κ3) is 2.08. The SMILES string of the molecule is BrCC1(Cc2nnnn2-c2ccccc2)CC2CC2C1. The molecule has 104 valence electrons. The zero-order chi connectivity index (χ0) is 13.6. The van der Waals surface area contributed by atoms with Crippen LogP contribution >= 0.6 is 15.9 Å². The Kier molecular flexibility index (Phi) is 2.91. The first-order chi connectivity index (χ1) is 9.80. The summed E-state index contributed by atoms with van der Waals surface area (Å²) in [6, 6.07) is 10.1. The number of nitrogens with zero attached hydrogens (tertiary/aromatic N) is 4. The molecule has 0 spiro atoms. The molecular formula is C15H17BrN4. The minimum absolute atomic E-state index is 0.356. The second kappa shape index (κ2) is 4.65. The van der Waals surface area contributed by atoms with E-state index < -0.39 is 0 Å². The van der Waals surface area contributed by atoms with Gasteiger partial charge in [0, 0.05) is 11.8 Å². The molecule has 2 aliphatic rings. The molecule has 2 unspecified atom stereocenters. The van der Waals surface area contributed by atoms with Gasteiger partial charge in [-0.25, -0.2) is 0 Å². The first-order valence-electron chi connectivity index (χ1n) is 7.18. The lowest BCUT2D eigenvalue weighted by Gasteiger charge is -2.27. The van der Waals surface area contributed by atoms with Crippen molar-refractivity contribution in [2.75, 3.05) is 5.33 Å². The lowest BCUT2D eigenvalue weighted by atomic mass is 9.81. The predicted molar refractivity (Wildman–Crippen MR) is 79.9 cm³/mol. The Morgan fingerprint density at radius 3 is 2.65 bits per heavy atom. The maximum absolute atomic E-state index is 4.27. The van der Waals surface area contributed by atoms with E-state index in [0.717, 1.165) is 35.1 Å². The van der Waals surface area contributed by atoms with Crippen LogP contribution in [-0.2, 0) is 6.42 Å². The fourth-order valence-electron chi connectivity index (χ4n) is 3.73. The van der Waals surface area contributed by atoms with Crippen molar-refractivity contribution >= 4 is 15.9 Å². The van der Waals surface area contributed by atoms with Gasteiger partial charge in [-0.2, -0.15) is 4.68 Å². The first-order valence-corrected chi connectivity index (χ1v) is 8.30. The average Bonchev–Trinajstić information content (AvgIpc) is 2.90. The third-order valence-corrected chi connectivity index (χ3v) is 6.00. The molecule has 0 aliphatic heterocycles. The molecule has 5 heteroatoms. The Bertz CT molecular complexity index is 599. The van der Waals surface area contributed by atoms with Gasteiger partial charge in [-0.1, -0.05) is 34.1 Å². The van der Waals surface area contributed by atoms with E-state index in [1.807, 2.05) is 35.0 Å². The van der Waals surface area contributed by atoms with Crippen molar-refractivity contribution in [1.82, 2.24) is 20.2 Å². The summed E-state index contributed by atoms with van der Waals surface area (Å²) in [4.78, 5) is 0. The molecule has 0 radical (unpaired) electrons. The van der Waals surface area contributed by atoms with Crippen molar-refractivity contribution in [3.05, 3.63) is 36.2 Å². The Morgan fingerprint density at radius 1 is 1.20 bits per heavy atom. The Balaban J connectivity index is 1.62. The van der Waals surface area contributed by atoms with Crippen molar-refractivity contribution in [3.8, 4) is 5.69 Å². The molecule has 2 aromatic rings. The highest BCUT2D eigenvalue weighted by molar-refractivity contribution is 9.09. The molecule has 1 aromatic heterocycles. The fraction of sp³-hybridized carbons (Fsp3) is 0.533. The second-order valence-electron chi connectivity index (χ2n) is 6.32. The smallest absolute Gasteiger partial charge is 0.157 e. The molecule has 2 saturated carbocycles. The number of aromatic nitrogens is 4. The molecule has 2 aliphatic carbocycles. The number of tetrazole rings is 1. The second-order valence-corrected chi connectivity index (χ2v) is 6.88. The lowest BCUT2D eigenvalue weighted by molar-refractivity contribution is 0.299. The minimum Gasteiger partial charge on any atom is -0.197 e. The molecule has 4 nitrogen and oxygen atoms in total. The number of hydrogen-bond donors (Lipinski definition) is 0. The van der Waals surface area contributed by atoms with Gasteiger partial charge in [-0.15, -0.1) is 5.10 Å². The molecule has 0 bridgehead atoms. The van der Waals surface area contributed by atoms with Gasteiger partial charge in [0.15, 0.2) is 5.82 Å². The summed E-state index contributed by atoms with van der Waals surface area (Å²) < 4.78 is 1.88. The maximum atomic E-state index is 4.27. The highest BCUT2D eigenvalue weighted by Gasteiger charge is 2.53. The van der Waals surface area contributed by atoms with E-state index >= 15 is 0 Å². The number of hydrogen-bond acceptors (Lipinski definition) is 3. The number of halogens is 1. The van der Waals surface area contributed by atoms with E-state index in [-0.39, 0.29) is 0 Å². The Labute approximate surface area is 126 Å². The molecule has 2 fully saturated rings. The van der Waals surface area contributed by atoms with Gasteiger partial charge >= 0.3 is 0 Å². The van der Waals surface area contributed by atoms with Crippen molar-refractivity contribution in [3.63, 3.8) is 0 Å². The highest BCUT2D eigenvalue weighted by atomic mass is 79.9. The van der Waals surface area contributed by atoms with Crippen molar-refractivity contribution in [1.29, 1.82) is 0 Å². The summed E-state index contributed by atoms with van der Waals surface area (Å²) in [5.41, 5.74) is 1.40. The van der Waals surface area contributed by atoms with Crippen molar-refractivity contribution in [2.24, 2.45) is 17.3 Å². The Morgan fingerprint density at radius 2 is 1.95 bits per heavy atom. The summed E-state index contributed by atoms with van der Waals surface area (Å²) in [5.74, 6) is 2.92. The van der Waals surface area contributed by atoms with E-state index in [0.29, 0.717) is 5.41 Å². The number of rotatable bonds is 4. The molecule has 1 aromatic carbocycles. The van der Waals surface area contributed by atoms with Crippen molar-refractivity contribution in [2.45, 2.75) is 25.7 Å². The number of para-hydroxylation sites is 1. The van der Waals surface area contributed by atoms with Crippen LogP contribution in [0.5, 0.6) is 0 Å². The van der Waals surface area contributed by atoms with Crippen LogP contribution in [0.15, 0.2) is 30.3 Å². The number of alkyl halides is 1. The van der Waals surface area contributed by atoms with Crippen LogP contribution in [0.25, 0.3) is 5.69 Å². The van der Waals surface area contributed by atoms with Crippen LogP contribution in [0, 0.1) is 17.3 Å². The normalized spacial score (nSPS) is 31.2. The monoisotopic (exact) mass is 332 g/mol. The summed E-state index contributed by atoms with van der Waals surface area (Å²) >= 11 is 3.73. The van der Waals surface area contributed by atoms with Gasteiger partial charge in [-0.05, 0) is 59.1 Å². The topological polar surface area (TPSA) is 43.6 Å². The predicted octanol–water partition coefficient (Wildman–Crippen LogP) is 3.02. The van der Waals surface area contributed by atoms with Gasteiger partial charge in [0.1, 0.15) is 0 Å². The lowest BCUT2D eigenvalue weighted by Crippen LogP contribution is -2.25. The maximum Gasteiger partial charge on any atom is 0.157 e. The Hall–Kier alpha value is -1.23. The standard InChI is InChI=1S/C15H17BrN4/c16-10-15(7-11-6-12(11)8-15)9-14-17-18-19-20(14)13-4-2-1-3-5-13/h1-5,11-12H,6-10H2. The minimum atomic E-state index is 0.356. The third-order valence-electron chi connectivity index (χ3n) is 4.81. The van der Waals surface area contributed by atoms with Crippen LogP contribution < -0.4 is 0 Å². The molecule has 4 rings (SSSR count). The van der Waals surface area contributed by atoms with E-state index in [1.165, 1.54) is 19.3 Å². The summed E-state index contributed by atoms with van der Waals surface area (Å²) in [7, 11) is 0. The molecule has 20 heavy (non-hydrogen) atoms. The van der Waals surface area contributed by atoms with Crippen LogP contribution in [0.3, 0.4) is 0 Å². The van der Waals surface area contributed by atoms with Gasteiger partial charge in [-0.3, -0.25) is 0 Å². The quantitative estimate of drug-likeness (QED) is 0.808. The van der Waals surface area contributed by atoms with Crippen molar-refractivity contribution < 1.29 is 0 Å². The molecule has 0 saturated heterocycles. The zero-order valence-corrected chi connectivity index (χ0v) is 12.8. The average molecular weight is 333 g/mol. The molecule has 0 N–H and O–H groups in total. The van der Waals surface area contributed by atoms with E-state index in [2.05, 4.69) is 31.5 Å². The van der Waals surface area contributed by atoms with Gasteiger partial charge in [0.25, 0.3) is 0 Å². The molecule has 1 heterocycles. The summed E-state index contributed by atoms with van der Waals surface area (Å²) in [5, 5.41) is 13.4. The summed E-state index contributed by atoms with van der Waals surface area (Å²) in [6.07, 6.45) is 5.06. The zero-order valence-electron chi connectivity index (χ0n) is 11.2. The van der Waals surface area contributed by atoms with Crippen LogP contribution in [0.1, 0.15) is 25.1 Å². The molecule has 0 amide bonds. The number of fused-ring (bicyclic) bond motifs is 1. The highest BCUT2D eigenvalue weighted by Crippen LogP contribution is 2.61. The van der Waals surface area contributed by atoms with E-state index in [1.54, 1.807) is 0 Å². The fourth-order valence-corrected chi connectivity index (χ4v) is 4.38. The van der Waals surface area contributed by atoms with Gasteiger partial charge < -0.3 is 0 Å². The first kappa shape index (κ1) is 12.5. The van der Waals surface area contributed by atoms with E-state index in [9.17, 15) is 0 Å². The van der Waals surface area contributed by atoms with Crippen LogP contribution in [0.2, 0.25) is 0 Å². The molecular weight excluding hydrogens is 316 g/mol. The van der Waals surface area contributed by atoms with Crippen LogP contribution in [0.4, 0.5) is 0 Å². The molecule has 2 atom stereocenters. The largest absolute Gasteiger partial charge is 0.197 e. The van der Waals surface area contributed by atoms with E-state index in [4.69, 9.17) is 0 Å². The van der Waals surface area contributed by atoms with Gasteiger partial charge in [0.05, 0.1) is 5.69 Å².